The first-order valence-corrected chi connectivity index (χ1v) is 18.1. The van der Waals surface area contributed by atoms with Crippen molar-refractivity contribution in [2.75, 3.05) is 19.4 Å². The Hall–Kier alpha value is -5.02. The van der Waals surface area contributed by atoms with Crippen molar-refractivity contribution in [3.05, 3.63) is 185 Å². The smallest absolute Gasteiger partial charge is 0.319 e. The van der Waals surface area contributed by atoms with E-state index in [9.17, 15) is 14.7 Å². The van der Waals surface area contributed by atoms with E-state index in [4.69, 9.17) is 9.72 Å². The number of aromatic nitrogens is 1. The Bertz CT molecular complexity index is 1730. The monoisotopic (exact) mass is 699 g/mol. The number of carbonyl (C=O) groups excluding carboxylic acids is 2. The van der Waals surface area contributed by atoms with Gasteiger partial charge < -0.3 is 15.2 Å². The molecule has 1 aromatic heterocycles. The summed E-state index contributed by atoms with van der Waals surface area (Å²) in [5, 5.41) is 13.5. The van der Waals surface area contributed by atoms with Gasteiger partial charge in [-0.25, -0.2) is 0 Å². The Morgan fingerprint density at radius 2 is 1.33 bits per heavy atom. The molecule has 0 aliphatic rings. The number of carbonyl (C=O) groups is 2. The van der Waals surface area contributed by atoms with E-state index < -0.39 is 10.9 Å². The van der Waals surface area contributed by atoms with E-state index >= 15 is 0 Å². The molecular weight excluding hydrogens is 655 g/mol. The lowest BCUT2D eigenvalue weighted by Gasteiger charge is -2.35. The molecule has 5 rings (SSSR count). The summed E-state index contributed by atoms with van der Waals surface area (Å²) in [6.07, 6.45) is 3.44. The molecule has 1 heterocycles. The largest absolute Gasteiger partial charge is 0.468 e. The first kappa shape index (κ1) is 37.2. The van der Waals surface area contributed by atoms with Gasteiger partial charge in [-0.2, -0.15) is 0 Å². The Kier molecular flexibility index (Phi) is 14.2. The van der Waals surface area contributed by atoms with E-state index in [0.29, 0.717) is 18.8 Å². The Morgan fingerprint density at radius 1 is 0.784 bits per heavy atom. The number of ether oxygens (including phenoxy) is 1. The number of amides is 1. The minimum Gasteiger partial charge on any atom is -0.468 e. The van der Waals surface area contributed by atoms with Crippen molar-refractivity contribution in [3.63, 3.8) is 0 Å². The number of nitrogens with one attached hydrogen (secondary N) is 1. The van der Waals surface area contributed by atoms with Gasteiger partial charge in [-0.1, -0.05) is 140 Å². The maximum atomic E-state index is 12.7. The van der Waals surface area contributed by atoms with E-state index in [1.807, 2.05) is 89.5 Å². The molecule has 2 N–H and O–H groups in total. The molecule has 1 atom stereocenters. The predicted octanol–water partition coefficient (Wildman–Crippen LogP) is 7.30. The fourth-order valence-electron chi connectivity index (χ4n) is 6.02. The van der Waals surface area contributed by atoms with Gasteiger partial charge in [-0.3, -0.25) is 19.5 Å². The summed E-state index contributed by atoms with van der Waals surface area (Å²) >= 11 is 1.86. The van der Waals surface area contributed by atoms with Gasteiger partial charge in [0.15, 0.2) is 0 Å². The zero-order chi connectivity index (χ0) is 35.7. The number of esters is 1. The summed E-state index contributed by atoms with van der Waals surface area (Å²) in [6.45, 7) is 1.37. The molecule has 5 aromatic rings. The number of allylic oxidation sites excluding steroid dienone is 1. The SMILES string of the molecule is COC(=O)CN(Cc1ccccc1)Cc1cccc(CNC(=O)C[C@H](O)C=CCCSC(c2ccccc2)(c2ccccc2)c2ccccc2)n1. The third-order valence-corrected chi connectivity index (χ3v) is 10.0. The van der Waals surface area contributed by atoms with Crippen LogP contribution in [0.1, 0.15) is 46.5 Å². The molecule has 4 aromatic carbocycles. The Labute approximate surface area is 305 Å². The number of rotatable bonds is 18. The van der Waals surface area contributed by atoms with Gasteiger partial charge in [-0.05, 0) is 46.6 Å². The van der Waals surface area contributed by atoms with Crippen LogP contribution in [0.4, 0.5) is 0 Å². The van der Waals surface area contributed by atoms with Gasteiger partial charge in [0.25, 0.3) is 0 Å². The average molecular weight is 700 g/mol. The van der Waals surface area contributed by atoms with Crippen LogP contribution in [0.25, 0.3) is 0 Å². The van der Waals surface area contributed by atoms with Crippen molar-refractivity contribution in [1.29, 1.82) is 0 Å². The van der Waals surface area contributed by atoms with Gasteiger partial charge >= 0.3 is 5.97 Å². The van der Waals surface area contributed by atoms with E-state index in [2.05, 4.69) is 78.1 Å². The maximum absolute atomic E-state index is 12.7. The molecule has 0 aliphatic carbocycles. The van der Waals surface area contributed by atoms with Crippen molar-refractivity contribution < 1.29 is 19.4 Å². The lowest BCUT2D eigenvalue weighted by molar-refractivity contribution is -0.142. The molecule has 0 bridgehead atoms. The molecule has 51 heavy (non-hydrogen) atoms. The summed E-state index contributed by atoms with van der Waals surface area (Å²) < 4.78 is 4.50. The van der Waals surface area contributed by atoms with Crippen LogP contribution in [-0.2, 0) is 38.7 Å². The maximum Gasteiger partial charge on any atom is 0.319 e. The van der Waals surface area contributed by atoms with Crippen molar-refractivity contribution >= 4 is 23.6 Å². The van der Waals surface area contributed by atoms with Crippen LogP contribution >= 0.6 is 11.8 Å². The van der Waals surface area contributed by atoms with Crippen LogP contribution in [-0.4, -0.2) is 52.4 Å². The Balaban J connectivity index is 1.14. The van der Waals surface area contributed by atoms with Crippen molar-refractivity contribution in [1.82, 2.24) is 15.2 Å². The molecular formula is C43H45N3O4S. The van der Waals surface area contributed by atoms with E-state index in [-0.39, 0.29) is 31.4 Å². The van der Waals surface area contributed by atoms with Crippen molar-refractivity contribution in [2.24, 2.45) is 0 Å². The number of thioether (sulfide) groups is 1. The molecule has 0 radical (unpaired) electrons. The first-order chi connectivity index (χ1) is 25.0. The first-order valence-electron chi connectivity index (χ1n) is 17.2. The summed E-state index contributed by atoms with van der Waals surface area (Å²) in [6, 6.07) is 47.3. The van der Waals surface area contributed by atoms with Crippen LogP contribution in [0.5, 0.6) is 0 Å². The van der Waals surface area contributed by atoms with Gasteiger partial charge in [-0.15, -0.1) is 11.8 Å². The normalized spacial score (nSPS) is 12.1. The summed E-state index contributed by atoms with van der Waals surface area (Å²) in [5.74, 6) is 0.222. The van der Waals surface area contributed by atoms with Crippen LogP contribution < -0.4 is 5.32 Å². The topological polar surface area (TPSA) is 91.8 Å². The minimum absolute atomic E-state index is 0.0463. The van der Waals surface area contributed by atoms with Gasteiger partial charge in [0, 0.05) is 13.1 Å². The van der Waals surface area contributed by atoms with Crippen LogP contribution in [0.2, 0.25) is 0 Å². The highest BCUT2D eigenvalue weighted by Crippen LogP contribution is 2.48. The number of pyridine rings is 1. The summed E-state index contributed by atoms with van der Waals surface area (Å²) in [7, 11) is 1.38. The highest BCUT2D eigenvalue weighted by atomic mass is 32.2. The average Bonchev–Trinajstić information content (AvgIpc) is 3.17. The second-order valence-electron chi connectivity index (χ2n) is 12.2. The van der Waals surface area contributed by atoms with Crippen LogP contribution in [0.15, 0.2) is 152 Å². The predicted molar refractivity (Wildman–Crippen MR) is 205 cm³/mol. The second-order valence-corrected chi connectivity index (χ2v) is 13.5. The molecule has 0 fully saturated rings. The third-order valence-electron chi connectivity index (χ3n) is 8.44. The number of aliphatic hydroxyl groups is 1. The molecule has 1 amide bonds. The summed E-state index contributed by atoms with van der Waals surface area (Å²) in [4.78, 5) is 31.5. The molecule has 0 saturated carbocycles. The van der Waals surface area contributed by atoms with Gasteiger partial charge in [0.1, 0.15) is 0 Å². The highest BCUT2D eigenvalue weighted by Gasteiger charge is 2.36. The number of aliphatic hydroxyl groups excluding tert-OH is 1. The minimum atomic E-state index is -0.902. The number of methoxy groups -OCH3 is 1. The van der Waals surface area contributed by atoms with Crippen molar-refractivity contribution in [3.8, 4) is 0 Å². The second kappa shape index (κ2) is 19.4. The molecule has 0 saturated heterocycles. The van der Waals surface area contributed by atoms with Crippen LogP contribution in [0, 0.1) is 0 Å². The molecule has 8 heteroatoms. The lowest BCUT2D eigenvalue weighted by Crippen LogP contribution is -2.30. The number of hydrogen-bond acceptors (Lipinski definition) is 7. The number of nitrogens with zero attached hydrogens (tertiary/aromatic N) is 2. The fraction of sp³-hybridized carbons (Fsp3) is 0.233. The Morgan fingerprint density at radius 3 is 1.90 bits per heavy atom. The van der Waals surface area contributed by atoms with Gasteiger partial charge in [0.2, 0.25) is 5.91 Å². The number of hydrogen-bond donors (Lipinski definition) is 2. The zero-order valence-corrected chi connectivity index (χ0v) is 29.8. The number of benzene rings is 4. The van der Waals surface area contributed by atoms with Gasteiger partial charge in [0.05, 0.1) is 48.9 Å². The molecule has 262 valence electrons. The van der Waals surface area contributed by atoms with E-state index in [1.54, 1.807) is 6.08 Å². The van der Waals surface area contributed by atoms with Crippen molar-refractivity contribution in [2.45, 2.75) is 43.3 Å². The summed E-state index contributed by atoms with van der Waals surface area (Å²) in [5.41, 5.74) is 6.17. The molecule has 0 unspecified atom stereocenters. The quantitative estimate of drug-likeness (QED) is 0.0430. The lowest BCUT2D eigenvalue weighted by atomic mass is 9.84. The highest BCUT2D eigenvalue weighted by molar-refractivity contribution is 8.00. The standard InChI is InChI=1S/C43H45N3O4S/c1-50-42(49)33-46(31-34-17-6-2-7-18-34)32-39-26-16-25-38(45-39)30-44-41(48)29-40(47)27-14-15-28-51-43(35-19-8-3-9-20-35,36-21-10-4-11-22-36)37-23-12-5-13-24-37/h2-14,16-27,40,47H,15,28-33H2,1H3,(H,44,48)/t40-/m1/s1. The molecule has 0 spiro atoms. The molecule has 7 nitrogen and oxygen atoms in total. The zero-order valence-electron chi connectivity index (χ0n) is 28.9. The fourth-order valence-corrected chi connectivity index (χ4v) is 7.49. The van der Waals surface area contributed by atoms with E-state index in [0.717, 1.165) is 23.4 Å². The van der Waals surface area contributed by atoms with Crippen LogP contribution in [0.3, 0.4) is 0 Å². The van der Waals surface area contributed by atoms with E-state index in [1.165, 1.54) is 23.8 Å². The third kappa shape index (κ3) is 11.0. The molecule has 0 aliphatic heterocycles.